The summed E-state index contributed by atoms with van der Waals surface area (Å²) in [6.07, 6.45) is 3.25. The summed E-state index contributed by atoms with van der Waals surface area (Å²) in [4.78, 5) is 1.10. The number of nitrogens with two attached hydrogens (primary N) is 1. The van der Waals surface area contributed by atoms with Gasteiger partial charge in [0.2, 0.25) is 0 Å². The van der Waals surface area contributed by atoms with E-state index in [4.69, 9.17) is 26.8 Å². The van der Waals surface area contributed by atoms with Crippen LogP contribution >= 0.6 is 22.9 Å². The Morgan fingerprint density at radius 1 is 1.61 bits per heavy atom. The molecule has 1 aliphatic heterocycles. The van der Waals surface area contributed by atoms with Crippen LogP contribution in [0.3, 0.4) is 0 Å². The molecular weight excluding hydrogens is 270 g/mol. The third-order valence-corrected chi connectivity index (χ3v) is 4.51. The number of halogens is 1. The highest BCUT2D eigenvalue weighted by atomic mass is 35.5. The van der Waals surface area contributed by atoms with Gasteiger partial charge in [-0.1, -0.05) is 18.5 Å². The van der Waals surface area contributed by atoms with Crippen LogP contribution in [-0.2, 0) is 9.47 Å². The van der Waals surface area contributed by atoms with Crippen molar-refractivity contribution in [2.24, 2.45) is 5.73 Å². The van der Waals surface area contributed by atoms with Crippen molar-refractivity contribution < 1.29 is 9.47 Å². The van der Waals surface area contributed by atoms with Crippen LogP contribution < -0.4 is 5.73 Å². The quantitative estimate of drug-likeness (QED) is 0.873. The zero-order valence-corrected chi connectivity index (χ0v) is 12.2. The van der Waals surface area contributed by atoms with Crippen molar-refractivity contribution in [3.8, 4) is 0 Å². The fraction of sp³-hybridized carbons (Fsp3) is 0.692. The van der Waals surface area contributed by atoms with Crippen LogP contribution in [0.1, 0.15) is 37.2 Å². The molecule has 0 saturated carbocycles. The Labute approximate surface area is 117 Å². The summed E-state index contributed by atoms with van der Waals surface area (Å²) in [7, 11) is 0. The van der Waals surface area contributed by atoms with Gasteiger partial charge in [0.05, 0.1) is 17.0 Å². The second kappa shape index (κ2) is 6.87. The molecule has 1 saturated heterocycles. The second-order valence-electron chi connectivity index (χ2n) is 4.60. The lowest BCUT2D eigenvalue weighted by atomic mass is 10.1. The van der Waals surface area contributed by atoms with Crippen molar-refractivity contribution in [3.63, 3.8) is 0 Å². The lowest BCUT2D eigenvalue weighted by Gasteiger charge is -2.23. The largest absolute Gasteiger partial charge is 0.376 e. The fourth-order valence-electron chi connectivity index (χ4n) is 2.10. The van der Waals surface area contributed by atoms with Gasteiger partial charge in [0.1, 0.15) is 6.10 Å². The first-order valence-electron chi connectivity index (χ1n) is 6.44. The summed E-state index contributed by atoms with van der Waals surface area (Å²) in [6, 6.07) is 3.90. The van der Waals surface area contributed by atoms with Crippen molar-refractivity contribution in [1.29, 1.82) is 0 Å². The Morgan fingerprint density at radius 2 is 2.44 bits per heavy atom. The van der Waals surface area contributed by atoms with Crippen molar-refractivity contribution in [2.75, 3.05) is 13.2 Å². The number of hydrogen-bond donors (Lipinski definition) is 1. The molecule has 1 aromatic rings. The van der Waals surface area contributed by atoms with Gasteiger partial charge in [-0.15, -0.1) is 11.3 Å². The van der Waals surface area contributed by atoms with Crippen LogP contribution in [0.25, 0.3) is 0 Å². The van der Waals surface area contributed by atoms with E-state index in [0.29, 0.717) is 6.61 Å². The van der Waals surface area contributed by atoms with Gasteiger partial charge in [-0.25, -0.2) is 0 Å². The van der Waals surface area contributed by atoms with Gasteiger partial charge in [-0.3, -0.25) is 0 Å². The van der Waals surface area contributed by atoms with E-state index in [0.717, 1.165) is 35.1 Å². The maximum atomic E-state index is 6.14. The lowest BCUT2D eigenvalue weighted by Crippen LogP contribution is -2.31. The second-order valence-corrected chi connectivity index (χ2v) is 6.35. The van der Waals surface area contributed by atoms with Crippen molar-refractivity contribution >= 4 is 22.9 Å². The average Bonchev–Trinajstić information content (AvgIpc) is 3.01. The van der Waals surface area contributed by atoms with Crippen LogP contribution in [0, 0.1) is 0 Å². The SMILES string of the molecule is CCC(N)C(OCC1CCCO1)c1ccc(Cl)s1. The minimum absolute atomic E-state index is 0.00104. The van der Waals surface area contributed by atoms with Gasteiger partial charge in [-0.05, 0) is 31.4 Å². The molecule has 0 radical (unpaired) electrons. The molecule has 2 heterocycles. The first-order valence-corrected chi connectivity index (χ1v) is 7.64. The molecule has 18 heavy (non-hydrogen) atoms. The Bertz CT molecular complexity index is 366. The molecule has 0 amide bonds. The summed E-state index contributed by atoms with van der Waals surface area (Å²) < 4.78 is 12.3. The molecule has 0 aromatic carbocycles. The standard InChI is InChI=1S/C13H20ClNO2S/c1-2-10(15)13(11-5-6-12(14)18-11)17-8-9-4-3-7-16-9/h5-6,9-10,13H,2-4,7-8,15H2,1H3. The van der Waals surface area contributed by atoms with Crippen molar-refractivity contribution in [3.05, 3.63) is 21.3 Å². The van der Waals surface area contributed by atoms with Gasteiger partial charge in [0.25, 0.3) is 0 Å². The van der Waals surface area contributed by atoms with Gasteiger partial charge in [0, 0.05) is 17.5 Å². The first-order chi connectivity index (χ1) is 8.70. The third kappa shape index (κ3) is 3.68. The van der Waals surface area contributed by atoms with E-state index in [2.05, 4.69) is 6.92 Å². The van der Waals surface area contributed by atoms with E-state index >= 15 is 0 Å². The summed E-state index contributed by atoms with van der Waals surface area (Å²) >= 11 is 7.52. The highest BCUT2D eigenvalue weighted by Crippen LogP contribution is 2.32. The molecule has 2 N–H and O–H groups in total. The van der Waals surface area contributed by atoms with E-state index in [1.807, 2.05) is 12.1 Å². The molecular formula is C13H20ClNO2S. The smallest absolute Gasteiger partial charge is 0.107 e. The van der Waals surface area contributed by atoms with Crippen LogP contribution in [0.4, 0.5) is 0 Å². The van der Waals surface area contributed by atoms with Crippen LogP contribution in [0.2, 0.25) is 4.34 Å². The van der Waals surface area contributed by atoms with Crippen LogP contribution in [-0.4, -0.2) is 25.4 Å². The van der Waals surface area contributed by atoms with Crippen molar-refractivity contribution in [1.82, 2.24) is 0 Å². The fourth-order valence-corrected chi connectivity index (χ4v) is 3.29. The van der Waals surface area contributed by atoms with Gasteiger partial charge >= 0.3 is 0 Å². The minimum Gasteiger partial charge on any atom is -0.376 e. The molecule has 2 rings (SSSR count). The average molecular weight is 290 g/mol. The number of hydrogen-bond acceptors (Lipinski definition) is 4. The Hall–Kier alpha value is -0.130. The van der Waals surface area contributed by atoms with Crippen LogP contribution in [0.15, 0.2) is 12.1 Å². The topological polar surface area (TPSA) is 44.5 Å². The Kier molecular flexibility index (Phi) is 5.45. The number of ether oxygens (including phenoxy) is 2. The van der Waals surface area contributed by atoms with E-state index in [-0.39, 0.29) is 18.2 Å². The monoisotopic (exact) mass is 289 g/mol. The molecule has 1 fully saturated rings. The predicted octanol–water partition coefficient (Wildman–Crippen LogP) is 3.38. The molecule has 0 spiro atoms. The van der Waals surface area contributed by atoms with Crippen molar-refractivity contribution in [2.45, 2.75) is 44.4 Å². The Morgan fingerprint density at radius 3 is 3.00 bits per heavy atom. The Balaban J connectivity index is 1.96. The summed E-state index contributed by atoms with van der Waals surface area (Å²) in [5.41, 5.74) is 6.14. The summed E-state index contributed by atoms with van der Waals surface area (Å²) in [6.45, 7) is 3.54. The highest BCUT2D eigenvalue weighted by molar-refractivity contribution is 7.16. The normalized spacial score (nSPS) is 23.2. The maximum absolute atomic E-state index is 6.14. The molecule has 3 atom stereocenters. The molecule has 1 aliphatic rings. The number of rotatable bonds is 6. The highest BCUT2D eigenvalue weighted by Gasteiger charge is 2.24. The molecule has 0 aliphatic carbocycles. The minimum atomic E-state index is -0.0725. The van der Waals surface area contributed by atoms with Gasteiger partial charge in [0.15, 0.2) is 0 Å². The zero-order chi connectivity index (χ0) is 13.0. The first kappa shape index (κ1) is 14.3. The lowest BCUT2D eigenvalue weighted by molar-refractivity contribution is -0.0296. The maximum Gasteiger partial charge on any atom is 0.107 e. The third-order valence-electron chi connectivity index (χ3n) is 3.22. The van der Waals surface area contributed by atoms with Gasteiger partial charge in [-0.2, -0.15) is 0 Å². The molecule has 3 nitrogen and oxygen atoms in total. The molecule has 0 bridgehead atoms. The predicted molar refractivity (Wildman–Crippen MR) is 75.3 cm³/mol. The van der Waals surface area contributed by atoms with E-state index in [1.54, 1.807) is 11.3 Å². The van der Waals surface area contributed by atoms with Gasteiger partial charge < -0.3 is 15.2 Å². The van der Waals surface area contributed by atoms with Crippen LogP contribution in [0.5, 0.6) is 0 Å². The zero-order valence-electron chi connectivity index (χ0n) is 10.6. The summed E-state index contributed by atoms with van der Waals surface area (Å²) in [5, 5.41) is 0. The number of thiophene rings is 1. The van der Waals surface area contributed by atoms with E-state index < -0.39 is 0 Å². The molecule has 1 aromatic heterocycles. The molecule has 3 unspecified atom stereocenters. The molecule has 102 valence electrons. The van der Waals surface area contributed by atoms with E-state index in [1.165, 1.54) is 0 Å². The van der Waals surface area contributed by atoms with E-state index in [9.17, 15) is 0 Å². The summed E-state index contributed by atoms with van der Waals surface area (Å²) in [5.74, 6) is 0. The molecule has 5 heteroatoms.